The monoisotopic (exact) mass is 381 g/mol. The zero-order valence-electron chi connectivity index (χ0n) is 15.9. The highest BCUT2D eigenvalue weighted by atomic mass is 16.5. The van der Waals surface area contributed by atoms with Crippen molar-refractivity contribution in [1.82, 2.24) is 10.6 Å². The molecule has 3 rings (SSSR count). The minimum absolute atomic E-state index is 0.108. The van der Waals surface area contributed by atoms with Crippen LogP contribution in [0.4, 0.5) is 5.69 Å². The lowest BCUT2D eigenvalue weighted by Crippen LogP contribution is -2.31. The van der Waals surface area contributed by atoms with Gasteiger partial charge in [0.15, 0.2) is 0 Å². The van der Waals surface area contributed by atoms with Gasteiger partial charge in [-0.1, -0.05) is 30.3 Å². The SMILES string of the molecule is O=C(CNCCc1ccccc1)Nc1ccc(C(=O)NCC2CCCO2)cc1. The van der Waals surface area contributed by atoms with Crippen molar-refractivity contribution in [3.05, 3.63) is 65.7 Å². The van der Waals surface area contributed by atoms with E-state index in [9.17, 15) is 9.59 Å². The van der Waals surface area contributed by atoms with Crippen LogP contribution in [-0.4, -0.2) is 44.2 Å². The molecule has 1 atom stereocenters. The highest BCUT2D eigenvalue weighted by molar-refractivity contribution is 5.96. The molecule has 1 aliphatic heterocycles. The van der Waals surface area contributed by atoms with Gasteiger partial charge in [-0.25, -0.2) is 0 Å². The first-order valence-electron chi connectivity index (χ1n) is 9.75. The van der Waals surface area contributed by atoms with Gasteiger partial charge in [-0.05, 0) is 55.6 Å². The predicted octanol–water partition coefficient (Wildman–Crippen LogP) is 2.37. The molecule has 1 heterocycles. The summed E-state index contributed by atoms with van der Waals surface area (Å²) < 4.78 is 5.50. The summed E-state index contributed by atoms with van der Waals surface area (Å²) in [5, 5.41) is 8.86. The van der Waals surface area contributed by atoms with Crippen LogP contribution in [0.25, 0.3) is 0 Å². The summed E-state index contributed by atoms with van der Waals surface area (Å²) in [4.78, 5) is 24.2. The minimum Gasteiger partial charge on any atom is -0.376 e. The molecule has 1 unspecified atom stereocenters. The highest BCUT2D eigenvalue weighted by Crippen LogP contribution is 2.12. The molecule has 3 N–H and O–H groups in total. The topological polar surface area (TPSA) is 79.5 Å². The van der Waals surface area contributed by atoms with Crippen LogP contribution in [0, 0.1) is 0 Å². The third kappa shape index (κ3) is 6.48. The Morgan fingerprint density at radius 3 is 2.54 bits per heavy atom. The Morgan fingerprint density at radius 1 is 1.04 bits per heavy atom. The van der Waals surface area contributed by atoms with Gasteiger partial charge in [0.2, 0.25) is 5.91 Å². The van der Waals surface area contributed by atoms with Crippen molar-refractivity contribution < 1.29 is 14.3 Å². The molecule has 0 radical (unpaired) electrons. The van der Waals surface area contributed by atoms with E-state index < -0.39 is 0 Å². The van der Waals surface area contributed by atoms with Crippen LogP contribution in [0.1, 0.15) is 28.8 Å². The summed E-state index contributed by atoms with van der Waals surface area (Å²) in [6.45, 7) is 2.29. The van der Waals surface area contributed by atoms with E-state index in [1.54, 1.807) is 24.3 Å². The Bertz CT molecular complexity index is 756. The van der Waals surface area contributed by atoms with Gasteiger partial charge < -0.3 is 20.7 Å². The summed E-state index contributed by atoms with van der Waals surface area (Å²) >= 11 is 0. The van der Waals surface area contributed by atoms with E-state index >= 15 is 0 Å². The number of hydrogen-bond donors (Lipinski definition) is 3. The second-order valence-electron chi connectivity index (χ2n) is 6.88. The van der Waals surface area contributed by atoms with Crippen LogP contribution in [0.5, 0.6) is 0 Å². The van der Waals surface area contributed by atoms with Crippen LogP contribution < -0.4 is 16.0 Å². The van der Waals surface area contributed by atoms with Gasteiger partial charge in [-0.3, -0.25) is 9.59 Å². The van der Waals surface area contributed by atoms with Gasteiger partial charge in [0, 0.05) is 24.4 Å². The zero-order chi connectivity index (χ0) is 19.6. The number of amides is 2. The molecular weight excluding hydrogens is 354 g/mol. The molecule has 0 aliphatic carbocycles. The molecule has 0 spiro atoms. The van der Waals surface area contributed by atoms with Crippen LogP contribution in [0.2, 0.25) is 0 Å². The third-order valence-electron chi connectivity index (χ3n) is 4.66. The molecule has 1 saturated heterocycles. The van der Waals surface area contributed by atoms with Gasteiger partial charge >= 0.3 is 0 Å². The Balaban J connectivity index is 1.35. The molecule has 6 nitrogen and oxygen atoms in total. The lowest BCUT2D eigenvalue weighted by molar-refractivity contribution is -0.115. The molecule has 0 bridgehead atoms. The van der Waals surface area contributed by atoms with E-state index in [0.29, 0.717) is 17.8 Å². The van der Waals surface area contributed by atoms with E-state index in [0.717, 1.165) is 32.4 Å². The Labute approximate surface area is 165 Å². The van der Waals surface area contributed by atoms with E-state index in [4.69, 9.17) is 4.74 Å². The number of benzene rings is 2. The Morgan fingerprint density at radius 2 is 1.82 bits per heavy atom. The molecule has 148 valence electrons. The summed E-state index contributed by atoms with van der Waals surface area (Å²) in [6, 6.07) is 17.0. The molecule has 0 aromatic heterocycles. The molecule has 2 aromatic carbocycles. The van der Waals surface area contributed by atoms with E-state index in [1.807, 2.05) is 18.2 Å². The average Bonchev–Trinajstić information content (AvgIpc) is 3.24. The van der Waals surface area contributed by atoms with Crippen molar-refractivity contribution in [1.29, 1.82) is 0 Å². The summed E-state index contributed by atoms with van der Waals surface area (Å²) in [5.74, 6) is -0.236. The van der Waals surface area contributed by atoms with E-state index in [-0.39, 0.29) is 24.5 Å². The Kier molecular flexibility index (Phi) is 7.58. The zero-order valence-corrected chi connectivity index (χ0v) is 15.9. The maximum Gasteiger partial charge on any atom is 0.251 e. The second kappa shape index (κ2) is 10.6. The minimum atomic E-state index is -0.129. The van der Waals surface area contributed by atoms with Gasteiger partial charge in [0.25, 0.3) is 5.91 Å². The quantitative estimate of drug-likeness (QED) is 0.583. The molecule has 6 heteroatoms. The fourth-order valence-electron chi connectivity index (χ4n) is 3.10. The van der Waals surface area contributed by atoms with Gasteiger partial charge in [-0.15, -0.1) is 0 Å². The number of hydrogen-bond acceptors (Lipinski definition) is 4. The van der Waals surface area contributed by atoms with Crippen molar-refractivity contribution in [2.45, 2.75) is 25.4 Å². The summed E-state index contributed by atoms with van der Waals surface area (Å²) in [7, 11) is 0. The number of carbonyl (C=O) groups is 2. The maximum atomic E-state index is 12.2. The standard InChI is InChI=1S/C22H27N3O3/c26-21(16-23-13-12-17-5-2-1-3-6-17)25-19-10-8-18(9-11-19)22(27)24-15-20-7-4-14-28-20/h1-3,5-6,8-11,20,23H,4,7,12-16H2,(H,24,27)(H,25,26). The average molecular weight is 381 g/mol. The Hall–Kier alpha value is -2.70. The lowest BCUT2D eigenvalue weighted by atomic mass is 10.1. The van der Waals surface area contributed by atoms with Crippen LogP contribution in [-0.2, 0) is 16.0 Å². The third-order valence-corrected chi connectivity index (χ3v) is 4.66. The van der Waals surface area contributed by atoms with Crippen molar-refractivity contribution >= 4 is 17.5 Å². The fraction of sp³-hybridized carbons (Fsp3) is 0.364. The lowest BCUT2D eigenvalue weighted by Gasteiger charge is -2.11. The smallest absolute Gasteiger partial charge is 0.251 e. The van der Waals surface area contributed by atoms with Crippen LogP contribution in [0.3, 0.4) is 0 Å². The van der Waals surface area contributed by atoms with E-state index in [1.165, 1.54) is 5.56 Å². The van der Waals surface area contributed by atoms with Crippen LogP contribution in [0.15, 0.2) is 54.6 Å². The number of nitrogens with one attached hydrogen (secondary N) is 3. The first-order valence-corrected chi connectivity index (χ1v) is 9.75. The molecular formula is C22H27N3O3. The predicted molar refractivity (Wildman–Crippen MR) is 109 cm³/mol. The van der Waals surface area contributed by atoms with Gasteiger partial charge in [-0.2, -0.15) is 0 Å². The normalized spacial score (nSPS) is 15.9. The second-order valence-corrected chi connectivity index (χ2v) is 6.88. The largest absolute Gasteiger partial charge is 0.376 e. The van der Waals surface area contributed by atoms with Crippen molar-refractivity contribution in [2.75, 3.05) is 31.6 Å². The van der Waals surface area contributed by atoms with Crippen molar-refractivity contribution in [3.8, 4) is 0 Å². The molecule has 28 heavy (non-hydrogen) atoms. The molecule has 2 amide bonds. The molecule has 1 fully saturated rings. The number of carbonyl (C=O) groups excluding carboxylic acids is 2. The highest BCUT2D eigenvalue weighted by Gasteiger charge is 2.16. The molecule has 0 saturated carbocycles. The first-order chi connectivity index (χ1) is 13.7. The summed E-state index contributed by atoms with van der Waals surface area (Å²) in [6.07, 6.45) is 3.04. The van der Waals surface area contributed by atoms with Gasteiger partial charge in [0.1, 0.15) is 0 Å². The number of rotatable bonds is 9. The number of ether oxygens (including phenoxy) is 1. The van der Waals surface area contributed by atoms with Crippen LogP contribution >= 0.6 is 0 Å². The fourth-order valence-corrected chi connectivity index (χ4v) is 3.10. The van der Waals surface area contributed by atoms with Crippen molar-refractivity contribution in [3.63, 3.8) is 0 Å². The van der Waals surface area contributed by atoms with Crippen molar-refractivity contribution in [2.24, 2.45) is 0 Å². The summed E-state index contributed by atoms with van der Waals surface area (Å²) in [5.41, 5.74) is 2.48. The number of anilines is 1. The van der Waals surface area contributed by atoms with Gasteiger partial charge in [0.05, 0.1) is 12.6 Å². The first kappa shape index (κ1) is 20.0. The molecule has 1 aliphatic rings. The molecule has 2 aromatic rings. The van der Waals surface area contributed by atoms with E-state index in [2.05, 4.69) is 28.1 Å². The maximum absolute atomic E-state index is 12.2.